The van der Waals surface area contributed by atoms with Crippen molar-refractivity contribution in [3.8, 4) is 11.5 Å². The molecular formula is C20H19N3O3S. The van der Waals surface area contributed by atoms with E-state index in [-0.39, 0.29) is 11.8 Å². The van der Waals surface area contributed by atoms with Crippen molar-refractivity contribution in [2.75, 3.05) is 11.9 Å². The molecule has 1 atom stereocenters. The van der Waals surface area contributed by atoms with Gasteiger partial charge in [0.2, 0.25) is 0 Å². The van der Waals surface area contributed by atoms with Gasteiger partial charge in [-0.15, -0.1) is 11.3 Å². The number of nitrogens with zero attached hydrogens (tertiary/aromatic N) is 2. The summed E-state index contributed by atoms with van der Waals surface area (Å²) in [6.07, 6.45) is 2.99. The molecule has 4 rings (SSSR count). The van der Waals surface area contributed by atoms with Gasteiger partial charge in [-0.2, -0.15) is 0 Å². The second-order valence-corrected chi connectivity index (χ2v) is 7.53. The monoisotopic (exact) mass is 381 g/mol. The zero-order valence-electron chi connectivity index (χ0n) is 14.8. The van der Waals surface area contributed by atoms with E-state index in [2.05, 4.69) is 10.3 Å². The molecule has 0 bridgehead atoms. The average molecular weight is 381 g/mol. The number of carbonyl (C=O) groups excluding carboxylic acids is 2. The third-order valence-corrected chi connectivity index (χ3v) is 5.65. The Kier molecular flexibility index (Phi) is 4.53. The first kappa shape index (κ1) is 17.5. The van der Waals surface area contributed by atoms with Crippen molar-refractivity contribution < 1.29 is 14.0 Å². The molecule has 1 saturated heterocycles. The Bertz CT molecular complexity index is 952. The van der Waals surface area contributed by atoms with E-state index < -0.39 is 5.54 Å². The molecule has 1 aliphatic rings. The molecule has 0 spiro atoms. The third kappa shape index (κ3) is 3.26. The fraction of sp³-hybridized carbons (Fsp3) is 0.250. The van der Waals surface area contributed by atoms with E-state index in [4.69, 9.17) is 4.42 Å². The highest BCUT2D eigenvalue weighted by atomic mass is 32.1. The van der Waals surface area contributed by atoms with Gasteiger partial charge in [0.05, 0.1) is 6.26 Å². The molecule has 0 saturated carbocycles. The van der Waals surface area contributed by atoms with Gasteiger partial charge < -0.3 is 9.32 Å². The summed E-state index contributed by atoms with van der Waals surface area (Å²) in [5, 5.41) is 5.20. The molecule has 1 aromatic carbocycles. The number of carbonyl (C=O) groups is 2. The van der Waals surface area contributed by atoms with Crippen LogP contribution in [0.2, 0.25) is 0 Å². The Labute approximate surface area is 160 Å². The summed E-state index contributed by atoms with van der Waals surface area (Å²) in [5.74, 6) is 0.311. The highest BCUT2D eigenvalue weighted by Crippen LogP contribution is 2.33. The minimum Gasteiger partial charge on any atom is -0.463 e. The second-order valence-electron chi connectivity index (χ2n) is 6.67. The van der Waals surface area contributed by atoms with Crippen LogP contribution in [0.4, 0.5) is 5.13 Å². The SMILES string of the molecule is CC1(C(=O)Nc2nc(-c3ccco3)cs2)CCCN1C(=O)c1ccccc1. The molecule has 3 aromatic rings. The Morgan fingerprint density at radius 1 is 1.22 bits per heavy atom. The molecule has 2 aromatic heterocycles. The lowest BCUT2D eigenvalue weighted by atomic mass is 9.97. The standard InChI is InChI=1S/C20H19N3O3S/c1-20(10-6-11-23(20)17(24)14-7-3-2-4-8-14)18(25)22-19-21-15(13-27-19)16-9-5-12-26-16/h2-5,7-9,12-13H,6,10-11H2,1H3,(H,21,22,25). The van der Waals surface area contributed by atoms with Crippen LogP contribution >= 0.6 is 11.3 Å². The number of likely N-dealkylation sites (tertiary alicyclic amines) is 1. The largest absolute Gasteiger partial charge is 0.463 e. The van der Waals surface area contributed by atoms with Gasteiger partial charge in [0.1, 0.15) is 11.2 Å². The molecule has 1 aliphatic heterocycles. The first-order valence-corrected chi connectivity index (χ1v) is 9.64. The number of nitrogens with one attached hydrogen (secondary N) is 1. The molecule has 7 heteroatoms. The van der Waals surface area contributed by atoms with Crippen LogP contribution in [-0.2, 0) is 4.79 Å². The Hall–Kier alpha value is -2.93. The molecule has 138 valence electrons. The van der Waals surface area contributed by atoms with Crippen molar-refractivity contribution in [1.82, 2.24) is 9.88 Å². The predicted molar refractivity (Wildman–Crippen MR) is 104 cm³/mol. The zero-order valence-corrected chi connectivity index (χ0v) is 15.7. The van der Waals surface area contributed by atoms with Crippen molar-refractivity contribution >= 4 is 28.3 Å². The molecule has 0 aliphatic carbocycles. The van der Waals surface area contributed by atoms with Crippen LogP contribution in [0.15, 0.2) is 58.5 Å². The van der Waals surface area contributed by atoms with Crippen molar-refractivity contribution in [3.05, 3.63) is 59.7 Å². The third-order valence-electron chi connectivity index (χ3n) is 4.89. The van der Waals surface area contributed by atoms with Gasteiger partial charge in [0.25, 0.3) is 11.8 Å². The van der Waals surface area contributed by atoms with Crippen LogP contribution in [-0.4, -0.2) is 33.8 Å². The smallest absolute Gasteiger partial charge is 0.254 e. The lowest BCUT2D eigenvalue weighted by Gasteiger charge is -2.33. The van der Waals surface area contributed by atoms with Crippen molar-refractivity contribution in [3.63, 3.8) is 0 Å². The first-order chi connectivity index (χ1) is 13.1. The van der Waals surface area contributed by atoms with Gasteiger partial charge in [-0.25, -0.2) is 4.98 Å². The van der Waals surface area contributed by atoms with Gasteiger partial charge in [0, 0.05) is 17.5 Å². The van der Waals surface area contributed by atoms with Crippen LogP contribution < -0.4 is 5.32 Å². The summed E-state index contributed by atoms with van der Waals surface area (Å²) in [6, 6.07) is 12.7. The number of amides is 2. The van der Waals surface area contributed by atoms with E-state index >= 15 is 0 Å². The number of hydrogen-bond acceptors (Lipinski definition) is 5. The van der Waals surface area contributed by atoms with Gasteiger partial charge >= 0.3 is 0 Å². The lowest BCUT2D eigenvalue weighted by Crippen LogP contribution is -2.53. The van der Waals surface area contributed by atoms with E-state index in [0.29, 0.717) is 35.1 Å². The molecule has 1 unspecified atom stereocenters. The number of rotatable bonds is 4. The maximum absolute atomic E-state index is 13.0. The molecule has 1 fully saturated rings. The van der Waals surface area contributed by atoms with Crippen molar-refractivity contribution in [1.29, 1.82) is 0 Å². The fourth-order valence-electron chi connectivity index (χ4n) is 3.36. The molecule has 1 N–H and O–H groups in total. The number of thiazole rings is 1. The Morgan fingerprint density at radius 3 is 2.78 bits per heavy atom. The van der Waals surface area contributed by atoms with E-state index in [1.165, 1.54) is 11.3 Å². The van der Waals surface area contributed by atoms with E-state index in [9.17, 15) is 9.59 Å². The normalized spacial score (nSPS) is 19.2. The molecule has 6 nitrogen and oxygen atoms in total. The average Bonchev–Trinajstić information content (AvgIpc) is 3.42. The topological polar surface area (TPSA) is 75.4 Å². The number of anilines is 1. The lowest BCUT2D eigenvalue weighted by molar-refractivity contribution is -0.124. The van der Waals surface area contributed by atoms with Crippen LogP contribution in [0.1, 0.15) is 30.1 Å². The number of hydrogen-bond donors (Lipinski definition) is 1. The maximum Gasteiger partial charge on any atom is 0.254 e. The predicted octanol–water partition coefficient (Wildman–Crippen LogP) is 4.04. The van der Waals surface area contributed by atoms with Crippen LogP contribution in [0.3, 0.4) is 0 Å². The molecule has 3 heterocycles. The molecule has 2 amide bonds. The number of aromatic nitrogens is 1. The molecule has 27 heavy (non-hydrogen) atoms. The number of furan rings is 1. The summed E-state index contributed by atoms with van der Waals surface area (Å²) >= 11 is 1.33. The van der Waals surface area contributed by atoms with Gasteiger partial charge in [-0.05, 0) is 44.0 Å². The quantitative estimate of drug-likeness (QED) is 0.740. The van der Waals surface area contributed by atoms with E-state index in [0.717, 1.165) is 6.42 Å². The highest BCUT2D eigenvalue weighted by Gasteiger charge is 2.46. The number of benzene rings is 1. The van der Waals surface area contributed by atoms with Crippen molar-refractivity contribution in [2.24, 2.45) is 0 Å². The van der Waals surface area contributed by atoms with E-state index in [1.807, 2.05) is 36.6 Å². The first-order valence-electron chi connectivity index (χ1n) is 8.76. The minimum atomic E-state index is -0.899. The van der Waals surface area contributed by atoms with Gasteiger partial charge in [0.15, 0.2) is 10.9 Å². The van der Waals surface area contributed by atoms with Crippen LogP contribution in [0.5, 0.6) is 0 Å². The Balaban J connectivity index is 1.52. The summed E-state index contributed by atoms with van der Waals surface area (Å²) < 4.78 is 5.33. The summed E-state index contributed by atoms with van der Waals surface area (Å²) in [5.41, 5.74) is 0.366. The summed E-state index contributed by atoms with van der Waals surface area (Å²) in [6.45, 7) is 2.38. The zero-order chi connectivity index (χ0) is 18.9. The molecule has 0 radical (unpaired) electrons. The second kappa shape index (κ2) is 7.00. The van der Waals surface area contributed by atoms with Gasteiger partial charge in [-0.1, -0.05) is 18.2 Å². The van der Waals surface area contributed by atoms with E-state index in [1.54, 1.807) is 29.4 Å². The maximum atomic E-state index is 13.0. The van der Waals surface area contributed by atoms with Gasteiger partial charge in [-0.3, -0.25) is 14.9 Å². The highest BCUT2D eigenvalue weighted by molar-refractivity contribution is 7.14. The fourth-order valence-corrected chi connectivity index (χ4v) is 4.06. The van der Waals surface area contributed by atoms with Crippen LogP contribution in [0, 0.1) is 0 Å². The summed E-state index contributed by atoms with van der Waals surface area (Å²) in [7, 11) is 0. The Morgan fingerprint density at radius 2 is 2.04 bits per heavy atom. The van der Waals surface area contributed by atoms with Crippen molar-refractivity contribution in [2.45, 2.75) is 25.3 Å². The van der Waals surface area contributed by atoms with Crippen LogP contribution in [0.25, 0.3) is 11.5 Å². The minimum absolute atomic E-state index is 0.124. The molecular weight excluding hydrogens is 362 g/mol. The summed E-state index contributed by atoms with van der Waals surface area (Å²) in [4.78, 5) is 32.0.